The maximum absolute atomic E-state index is 12.4. The van der Waals surface area contributed by atoms with E-state index in [-0.39, 0.29) is 18.5 Å². The Hall–Kier alpha value is -1.92. The standard InChI is InChI=1S/C71H135NO5/c1-3-5-7-9-11-13-15-16-17-38-41-45-49-53-57-61-65-71(76)77-66-62-58-54-50-46-42-39-36-34-32-30-28-26-24-22-20-18-19-21-23-25-27-29-31-33-35-37-40-44-48-52-56-60-64-70(75)72-68(67-73)69(74)63-59-55-51-47-43-14-12-10-8-6-4-2/h13,15,17,38,59,63,68-69,73-74H,3-12,14,16,18-37,39-58,60-62,64-67H2,1-2H3,(H,72,75)/b15-13-,38-17-,63-59+. The molecule has 2 atom stereocenters. The van der Waals surface area contributed by atoms with E-state index in [1.165, 1.54) is 302 Å². The summed E-state index contributed by atoms with van der Waals surface area (Å²) in [6.45, 7) is 4.89. The van der Waals surface area contributed by atoms with Gasteiger partial charge in [0.1, 0.15) is 0 Å². The van der Waals surface area contributed by atoms with E-state index in [1.54, 1.807) is 6.08 Å². The van der Waals surface area contributed by atoms with E-state index in [0.29, 0.717) is 19.4 Å². The summed E-state index contributed by atoms with van der Waals surface area (Å²) in [5.74, 6) is -0.0551. The summed E-state index contributed by atoms with van der Waals surface area (Å²) >= 11 is 0. The van der Waals surface area contributed by atoms with E-state index < -0.39 is 12.1 Å². The van der Waals surface area contributed by atoms with Crippen molar-refractivity contribution in [1.29, 1.82) is 0 Å². The second kappa shape index (κ2) is 66.6. The number of hydrogen-bond acceptors (Lipinski definition) is 5. The lowest BCUT2D eigenvalue weighted by atomic mass is 10.0. The number of nitrogens with one attached hydrogen (secondary N) is 1. The van der Waals surface area contributed by atoms with Crippen molar-refractivity contribution in [3.8, 4) is 0 Å². The molecule has 0 fully saturated rings. The van der Waals surface area contributed by atoms with E-state index in [0.717, 1.165) is 51.4 Å². The molecule has 0 aromatic heterocycles. The van der Waals surface area contributed by atoms with Crippen LogP contribution < -0.4 is 5.32 Å². The van der Waals surface area contributed by atoms with Gasteiger partial charge in [0.15, 0.2) is 0 Å². The van der Waals surface area contributed by atoms with Gasteiger partial charge < -0.3 is 20.3 Å². The third-order valence-electron chi connectivity index (χ3n) is 16.2. The maximum atomic E-state index is 12.4. The summed E-state index contributed by atoms with van der Waals surface area (Å²) in [7, 11) is 0. The zero-order valence-electron chi connectivity index (χ0n) is 52.0. The van der Waals surface area contributed by atoms with Gasteiger partial charge in [0.2, 0.25) is 5.91 Å². The molecular weight excluding hydrogens is 947 g/mol. The predicted molar refractivity (Wildman–Crippen MR) is 338 cm³/mol. The fourth-order valence-electron chi connectivity index (χ4n) is 10.8. The van der Waals surface area contributed by atoms with E-state index in [1.807, 2.05) is 6.08 Å². The normalized spacial score (nSPS) is 12.7. The molecule has 2 unspecified atom stereocenters. The number of carbonyl (C=O) groups is 2. The lowest BCUT2D eigenvalue weighted by molar-refractivity contribution is -0.143. The molecule has 0 heterocycles. The molecule has 0 aromatic rings. The van der Waals surface area contributed by atoms with Gasteiger partial charge in [-0.25, -0.2) is 0 Å². The Kier molecular flexibility index (Phi) is 64.9. The monoisotopic (exact) mass is 1080 g/mol. The van der Waals surface area contributed by atoms with Crippen molar-refractivity contribution >= 4 is 11.9 Å². The number of esters is 1. The molecule has 0 bridgehead atoms. The molecule has 454 valence electrons. The number of aliphatic hydroxyl groups excluding tert-OH is 2. The third kappa shape index (κ3) is 63.1. The lowest BCUT2D eigenvalue weighted by Gasteiger charge is -2.20. The second-order valence-electron chi connectivity index (χ2n) is 23.9. The third-order valence-corrected chi connectivity index (χ3v) is 16.2. The molecule has 0 aliphatic heterocycles. The first-order chi connectivity index (χ1) is 38.0. The van der Waals surface area contributed by atoms with Crippen molar-refractivity contribution in [2.75, 3.05) is 13.2 Å². The zero-order valence-corrected chi connectivity index (χ0v) is 52.0. The molecule has 0 aliphatic carbocycles. The summed E-state index contributed by atoms with van der Waals surface area (Å²) < 4.78 is 5.49. The van der Waals surface area contributed by atoms with Crippen molar-refractivity contribution in [1.82, 2.24) is 5.32 Å². The minimum absolute atomic E-state index is 0.00810. The molecular formula is C71H135NO5. The van der Waals surface area contributed by atoms with Crippen molar-refractivity contribution in [3.63, 3.8) is 0 Å². The van der Waals surface area contributed by atoms with Gasteiger partial charge in [0, 0.05) is 12.8 Å². The summed E-state index contributed by atoms with van der Waals surface area (Å²) in [4.78, 5) is 24.5. The number of aliphatic hydroxyl groups is 2. The Morgan fingerprint density at radius 1 is 0.364 bits per heavy atom. The summed E-state index contributed by atoms with van der Waals surface area (Å²) in [5.41, 5.74) is 0. The van der Waals surface area contributed by atoms with Crippen LogP contribution in [0.5, 0.6) is 0 Å². The molecule has 0 rings (SSSR count). The molecule has 1 amide bonds. The highest BCUT2D eigenvalue weighted by Crippen LogP contribution is 2.19. The van der Waals surface area contributed by atoms with E-state index in [9.17, 15) is 19.8 Å². The first-order valence-electron chi connectivity index (χ1n) is 34.8. The number of carbonyl (C=O) groups excluding carboxylic acids is 2. The second-order valence-corrected chi connectivity index (χ2v) is 23.9. The van der Waals surface area contributed by atoms with Crippen LogP contribution in [0.3, 0.4) is 0 Å². The summed E-state index contributed by atoms with van der Waals surface area (Å²) in [6.07, 6.45) is 85.2. The van der Waals surface area contributed by atoms with Crippen LogP contribution in [0.2, 0.25) is 0 Å². The first-order valence-corrected chi connectivity index (χ1v) is 34.8. The van der Waals surface area contributed by atoms with Crippen LogP contribution in [0.4, 0.5) is 0 Å². The Morgan fingerprint density at radius 2 is 0.649 bits per heavy atom. The summed E-state index contributed by atoms with van der Waals surface area (Å²) in [5, 5.41) is 23.1. The van der Waals surface area contributed by atoms with Crippen LogP contribution in [0.25, 0.3) is 0 Å². The minimum atomic E-state index is -0.839. The molecule has 0 saturated carbocycles. The van der Waals surface area contributed by atoms with E-state index in [2.05, 4.69) is 43.5 Å². The van der Waals surface area contributed by atoms with Crippen LogP contribution in [-0.2, 0) is 14.3 Å². The van der Waals surface area contributed by atoms with Crippen LogP contribution >= 0.6 is 0 Å². The molecule has 0 spiro atoms. The molecule has 0 aliphatic rings. The molecule has 6 nitrogen and oxygen atoms in total. The maximum Gasteiger partial charge on any atom is 0.305 e. The first kappa shape index (κ1) is 75.1. The van der Waals surface area contributed by atoms with Gasteiger partial charge in [0.05, 0.1) is 25.4 Å². The fourth-order valence-corrected chi connectivity index (χ4v) is 10.8. The van der Waals surface area contributed by atoms with E-state index >= 15 is 0 Å². The van der Waals surface area contributed by atoms with Crippen LogP contribution in [0.1, 0.15) is 380 Å². The van der Waals surface area contributed by atoms with Crippen molar-refractivity contribution < 1.29 is 24.5 Å². The zero-order chi connectivity index (χ0) is 55.7. The predicted octanol–water partition coefficient (Wildman–Crippen LogP) is 22.3. The van der Waals surface area contributed by atoms with Crippen molar-refractivity contribution in [3.05, 3.63) is 36.5 Å². The average molecular weight is 1080 g/mol. The number of unbranched alkanes of at least 4 members (excludes halogenated alkanes) is 50. The molecule has 0 saturated heterocycles. The molecule has 0 radical (unpaired) electrons. The highest BCUT2D eigenvalue weighted by molar-refractivity contribution is 5.76. The number of ether oxygens (including phenoxy) is 1. The Balaban J connectivity index is 3.31. The smallest absolute Gasteiger partial charge is 0.305 e. The molecule has 3 N–H and O–H groups in total. The largest absolute Gasteiger partial charge is 0.466 e. The number of amides is 1. The van der Waals surface area contributed by atoms with Crippen molar-refractivity contribution in [2.45, 2.75) is 392 Å². The number of hydrogen-bond donors (Lipinski definition) is 3. The summed E-state index contributed by atoms with van der Waals surface area (Å²) in [6, 6.07) is -0.623. The van der Waals surface area contributed by atoms with Crippen molar-refractivity contribution in [2.24, 2.45) is 0 Å². The van der Waals surface area contributed by atoms with Crippen LogP contribution in [0, 0.1) is 0 Å². The van der Waals surface area contributed by atoms with E-state index in [4.69, 9.17) is 4.74 Å². The lowest BCUT2D eigenvalue weighted by Crippen LogP contribution is -2.45. The van der Waals surface area contributed by atoms with Crippen LogP contribution in [0.15, 0.2) is 36.5 Å². The highest BCUT2D eigenvalue weighted by Gasteiger charge is 2.18. The van der Waals surface area contributed by atoms with Gasteiger partial charge in [0.25, 0.3) is 0 Å². The van der Waals surface area contributed by atoms with Gasteiger partial charge in [-0.3, -0.25) is 9.59 Å². The molecule has 6 heteroatoms. The number of allylic oxidation sites excluding steroid dienone is 5. The van der Waals surface area contributed by atoms with Gasteiger partial charge in [-0.15, -0.1) is 0 Å². The topological polar surface area (TPSA) is 95.9 Å². The molecule has 0 aromatic carbocycles. The number of rotatable bonds is 65. The van der Waals surface area contributed by atoms with Gasteiger partial charge in [-0.05, 0) is 64.2 Å². The van der Waals surface area contributed by atoms with Gasteiger partial charge >= 0.3 is 5.97 Å². The quantitative estimate of drug-likeness (QED) is 0.0320. The highest BCUT2D eigenvalue weighted by atomic mass is 16.5. The SMILES string of the molecule is CCCCCC/C=C\C/C=C\CCCCCCCC(=O)OCCCCCCCCCCCCCCCCCCCCCCCCCCCCCCCCCCCC(=O)NC(CO)C(O)/C=C/CCCCCCCCCCC. The van der Waals surface area contributed by atoms with Gasteiger partial charge in [-0.1, -0.05) is 339 Å². The Bertz CT molecular complexity index is 1250. The van der Waals surface area contributed by atoms with Crippen LogP contribution in [-0.4, -0.2) is 47.4 Å². The minimum Gasteiger partial charge on any atom is -0.466 e. The molecule has 77 heavy (non-hydrogen) atoms. The Labute approximate surface area is 481 Å². The fraction of sp³-hybridized carbons (Fsp3) is 0.887. The average Bonchev–Trinajstić information content (AvgIpc) is 3.43. The Morgan fingerprint density at radius 3 is 1.00 bits per heavy atom. The van der Waals surface area contributed by atoms with Gasteiger partial charge in [-0.2, -0.15) is 0 Å².